The van der Waals surface area contributed by atoms with Crippen LogP contribution in [0.4, 0.5) is 18.9 Å². The van der Waals surface area contributed by atoms with Crippen molar-refractivity contribution in [2.24, 2.45) is 10.9 Å². The third-order valence-corrected chi connectivity index (χ3v) is 5.58. The number of anilines is 1. The molecule has 2 atom stereocenters. The third-order valence-electron chi connectivity index (χ3n) is 4.80. The predicted octanol–water partition coefficient (Wildman–Crippen LogP) is 6.74. The summed E-state index contributed by atoms with van der Waals surface area (Å²) in [4.78, 5) is 16.7. The number of hydrogen-bond acceptors (Lipinski definition) is 1. The van der Waals surface area contributed by atoms with Gasteiger partial charge in [-0.3, -0.25) is 4.79 Å². The smallest absolute Gasteiger partial charge is 0.352 e. The van der Waals surface area contributed by atoms with Crippen LogP contribution in [0.5, 0.6) is 0 Å². The quantitative estimate of drug-likeness (QED) is 0.284. The molecule has 164 valence electrons. The van der Waals surface area contributed by atoms with Crippen molar-refractivity contribution in [2.75, 3.05) is 5.32 Å². The molecule has 1 amide bonds. The lowest BCUT2D eigenvalue weighted by Crippen LogP contribution is -2.42. The maximum Gasteiger partial charge on any atom is 0.412 e. The molecule has 0 aliphatic heterocycles. The Morgan fingerprint density at radius 2 is 1.81 bits per heavy atom. The molecule has 0 bridgehead atoms. The number of guanidine groups is 1. The van der Waals surface area contributed by atoms with Crippen LogP contribution in [0.3, 0.4) is 0 Å². The van der Waals surface area contributed by atoms with E-state index in [9.17, 15) is 18.0 Å². The van der Waals surface area contributed by atoms with E-state index in [2.05, 4.69) is 15.6 Å². The average Bonchev–Trinajstić information content (AvgIpc) is 3.02. The molecule has 4 nitrogen and oxygen atoms in total. The minimum atomic E-state index is -4.42. The zero-order valence-corrected chi connectivity index (χ0v) is 18.4. The van der Waals surface area contributed by atoms with Crippen molar-refractivity contribution in [3.8, 4) is 0 Å². The summed E-state index contributed by atoms with van der Waals surface area (Å²) in [7, 11) is 0. The fourth-order valence-electron chi connectivity index (χ4n) is 3.22. The fourth-order valence-corrected chi connectivity index (χ4v) is 3.90. The number of carbonyl (C=O) groups is 1. The summed E-state index contributed by atoms with van der Waals surface area (Å²) in [5.41, 5.74) is -0.00517. The second kappa shape index (κ2) is 9.51. The molecule has 0 fully saturated rings. The van der Waals surface area contributed by atoms with Gasteiger partial charge in [0.05, 0.1) is 10.6 Å². The normalized spacial score (nSPS) is 19.2. The lowest BCUT2D eigenvalue weighted by Gasteiger charge is -2.23. The van der Waals surface area contributed by atoms with Crippen LogP contribution in [0, 0.1) is 5.92 Å². The number of hydrogen-bond donors (Lipinski definition) is 2. The van der Waals surface area contributed by atoms with Crippen LogP contribution in [0.25, 0.3) is 0 Å². The molecule has 1 aliphatic carbocycles. The van der Waals surface area contributed by atoms with Gasteiger partial charge < -0.3 is 10.6 Å². The van der Waals surface area contributed by atoms with E-state index in [1.54, 1.807) is 24.3 Å². The number of amides is 1. The predicted molar refractivity (Wildman–Crippen MR) is 118 cm³/mol. The highest BCUT2D eigenvalue weighted by molar-refractivity contribution is 6.37. The summed E-state index contributed by atoms with van der Waals surface area (Å²) >= 11 is 17.9. The number of benzene rings is 2. The van der Waals surface area contributed by atoms with E-state index in [-0.39, 0.29) is 23.0 Å². The van der Waals surface area contributed by atoms with Crippen molar-refractivity contribution in [1.82, 2.24) is 5.32 Å². The van der Waals surface area contributed by atoms with E-state index in [4.69, 9.17) is 34.8 Å². The summed E-state index contributed by atoms with van der Waals surface area (Å²) in [5, 5.41) is 6.73. The number of nitrogens with zero attached hydrogens (tertiary/aromatic N) is 1. The van der Waals surface area contributed by atoms with Gasteiger partial charge in [0.1, 0.15) is 0 Å². The summed E-state index contributed by atoms with van der Waals surface area (Å²) in [6, 6.07) is 10.3. The fraction of sp³-hybridized carbons (Fsp3) is 0.238. The molecule has 0 aromatic heterocycles. The Kier molecular flexibility index (Phi) is 7.19. The van der Waals surface area contributed by atoms with E-state index in [0.29, 0.717) is 15.7 Å². The van der Waals surface area contributed by atoms with Gasteiger partial charge in [0, 0.05) is 33.3 Å². The van der Waals surface area contributed by atoms with E-state index in [1.165, 1.54) is 25.1 Å². The minimum absolute atomic E-state index is 0.0213. The first kappa shape index (κ1) is 23.4. The lowest BCUT2D eigenvalue weighted by atomic mass is 9.99. The van der Waals surface area contributed by atoms with Crippen LogP contribution in [0.2, 0.25) is 15.1 Å². The Labute approximate surface area is 192 Å². The Balaban J connectivity index is 1.88. The van der Waals surface area contributed by atoms with Crippen LogP contribution in [0.1, 0.15) is 23.7 Å². The highest BCUT2D eigenvalue weighted by Gasteiger charge is 2.42. The molecule has 2 unspecified atom stereocenters. The molecule has 10 heteroatoms. The van der Waals surface area contributed by atoms with E-state index in [1.807, 2.05) is 0 Å². The van der Waals surface area contributed by atoms with E-state index in [0.717, 1.165) is 6.08 Å². The first-order valence-electron chi connectivity index (χ1n) is 9.19. The van der Waals surface area contributed by atoms with Crippen molar-refractivity contribution in [3.05, 3.63) is 74.7 Å². The number of nitrogens with one attached hydrogen (secondary N) is 2. The Morgan fingerprint density at radius 3 is 2.42 bits per heavy atom. The monoisotopic (exact) mass is 489 g/mol. The van der Waals surface area contributed by atoms with Crippen molar-refractivity contribution >= 4 is 52.4 Å². The second-order valence-electron chi connectivity index (χ2n) is 6.96. The van der Waals surface area contributed by atoms with Gasteiger partial charge in [-0.15, -0.1) is 0 Å². The van der Waals surface area contributed by atoms with Gasteiger partial charge in [-0.05, 0) is 42.8 Å². The molecule has 31 heavy (non-hydrogen) atoms. The number of alkyl halides is 3. The summed E-state index contributed by atoms with van der Waals surface area (Å²) < 4.78 is 39.6. The Hall–Kier alpha value is -2.22. The van der Waals surface area contributed by atoms with Crippen LogP contribution in [0.15, 0.2) is 59.1 Å². The molecule has 1 aliphatic rings. The van der Waals surface area contributed by atoms with Gasteiger partial charge in [0.15, 0.2) is 0 Å². The first-order valence-corrected chi connectivity index (χ1v) is 10.3. The molecule has 0 spiro atoms. The number of carbonyl (C=O) groups excluding carboxylic acids is 1. The molecule has 0 saturated heterocycles. The number of rotatable bonds is 3. The third kappa shape index (κ3) is 5.93. The molecule has 2 aromatic carbocycles. The first-order chi connectivity index (χ1) is 14.5. The molecule has 0 heterocycles. The van der Waals surface area contributed by atoms with Gasteiger partial charge in [-0.25, -0.2) is 0 Å². The van der Waals surface area contributed by atoms with Crippen LogP contribution >= 0.6 is 34.8 Å². The van der Waals surface area contributed by atoms with Crippen molar-refractivity contribution < 1.29 is 18.0 Å². The van der Waals surface area contributed by atoms with Crippen LogP contribution < -0.4 is 10.6 Å². The highest BCUT2D eigenvalue weighted by Crippen LogP contribution is 2.38. The summed E-state index contributed by atoms with van der Waals surface area (Å²) in [6.45, 7) is 1.47. The van der Waals surface area contributed by atoms with Crippen molar-refractivity contribution in [1.29, 1.82) is 0 Å². The van der Waals surface area contributed by atoms with E-state index < -0.39 is 29.6 Å². The number of aliphatic imine (C=N–C) groups is 1. The van der Waals surface area contributed by atoms with Gasteiger partial charge in [-0.1, -0.05) is 53.9 Å². The summed E-state index contributed by atoms with van der Waals surface area (Å²) in [5.74, 6) is -1.54. The molecule has 2 aromatic rings. The van der Waals surface area contributed by atoms with Gasteiger partial charge in [0.25, 0.3) is 5.91 Å². The van der Waals surface area contributed by atoms with Crippen molar-refractivity contribution in [3.63, 3.8) is 0 Å². The van der Waals surface area contributed by atoms with Crippen molar-refractivity contribution in [2.45, 2.75) is 25.6 Å². The van der Waals surface area contributed by atoms with Gasteiger partial charge >= 0.3 is 6.18 Å². The highest BCUT2D eigenvalue weighted by atomic mass is 35.5. The standard InChI is InChI=1S/C21H17Cl3F3N3O/c1-11-16(21(25,26)27)7-8-18(11)29-20(28-14-4-2-3-12(22)9-14)30-19(31)15-6-5-13(23)10-17(15)24/h2-7,9-11,18H,8H2,1H3,(H2,28,29,30,31). The number of halogens is 6. The van der Waals surface area contributed by atoms with Gasteiger partial charge in [-0.2, -0.15) is 18.2 Å². The molecule has 3 rings (SSSR count). The maximum absolute atomic E-state index is 13.2. The molecule has 2 N–H and O–H groups in total. The average molecular weight is 491 g/mol. The molecule has 0 saturated carbocycles. The maximum atomic E-state index is 13.2. The Morgan fingerprint density at radius 1 is 1.10 bits per heavy atom. The van der Waals surface area contributed by atoms with Crippen LogP contribution in [-0.2, 0) is 0 Å². The molecular weight excluding hydrogens is 474 g/mol. The SMILES string of the molecule is CC1C(C(F)(F)F)=CCC1N/C(=N\C(=O)c1ccc(Cl)cc1Cl)Nc1cccc(Cl)c1. The largest absolute Gasteiger partial charge is 0.412 e. The Bertz CT molecular complexity index is 1050. The van der Waals surface area contributed by atoms with E-state index >= 15 is 0 Å². The topological polar surface area (TPSA) is 53.5 Å². The molecule has 0 radical (unpaired) electrons. The molecular formula is C21H17Cl3F3N3O. The lowest BCUT2D eigenvalue weighted by molar-refractivity contribution is -0.0977. The van der Waals surface area contributed by atoms with Gasteiger partial charge in [0.2, 0.25) is 5.96 Å². The zero-order valence-electron chi connectivity index (χ0n) is 16.1. The second-order valence-corrected chi connectivity index (χ2v) is 8.24. The van der Waals surface area contributed by atoms with Crippen LogP contribution in [-0.4, -0.2) is 24.1 Å². The zero-order chi connectivity index (χ0) is 22.8. The summed E-state index contributed by atoms with van der Waals surface area (Å²) in [6.07, 6.45) is -3.14. The minimum Gasteiger partial charge on any atom is -0.352 e.